The van der Waals surface area contributed by atoms with Crippen molar-refractivity contribution in [2.24, 2.45) is 5.41 Å². The number of nitrogens with zero attached hydrogens (tertiary/aromatic N) is 2. The molecule has 0 bridgehead atoms. The molecule has 1 aromatic carbocycles. The fourth-order valence-electron chi connectivity index (χ4n) is 3.80. The maximum atomic E-state index is 13.0. The van der Waals surface area contributed by atoms with Gasteiger partial charge in [-0.1, -0.05) is 12.1 Å². The van der Waals surface area contributed by atoms with Gasteiger partial charge >= 0.3 is 0 Å². The van der Waals surface area contributed by atoms with Gasteiger partial charge in [0.1, 0.15) is 5.82 Å². The highest BCUT2D eigenvalue weighted by Crippen LogP contribution is 2.40. The molecule has 2 aliphatic heterocycles. The van der Waals surface area contributed by atoms with E-state index in [2.05, 4.69) is 0 Å². The molecular formula is C18H23FN2O3. The highest BCUT2D eigenvalue weighted by atomic mass is 19.1. The minimum Gasteiger partial charge on any atom is -0.378 e. The van der Waals surface area contributed by atoms with Crippen LogP contribution in [0.3, 0.4) is 0 Å². The molecular weight excluding hydrogens is 311 g/mol. The highest BCUT2D eigenvalue weighted by molar-refractivity contribution is 5.82. The minimum atomic E-state index is -1.25. The fourth-order valence-corrected chi connectivity index (χ4v) is 3.80. The van der Waals surface area contributed by atoms with E-state index in [9.17, 15) is 19.1 Å². The van der Waals surface area contributed by atoms with Gasteiger partial charge < -0.3 is 14.9 Å². The summed E-state index contributed by atoms with van der Waals surface area (Å²) >= 11 is 0. The van der Waals surface area contributed by atoms with Crippen LogP contribution in [0.2, 0.25) is 0 Å². The summed E-state index contributed by atoms with van der Waals surface area (Å²) in [6.07, 6.45) is 1.87. The Morgan fingerprint density at radius 1 is 1.21 bits per heavy atom. The van der Waals surface area contributed by atoms with Crippen molar-refractivity contribution < 1.29 is 19.1 Å². The van der Waals surface area contributed by atoms with Crippen LogP contribution in [-0.2, 0) is 9.59 Å². The Kier molecular flexibility index (Phi) is 4.58. The Labute approximate surface area is 141 Å². The van der Waals surface area contributed by atoms with Crippen molar-refractivity contribution in [3.8, 4) is 0 Å². The number of benzene rings is 1. The van der Waals surface area contributed by atoms with E-state index >= 15 is 0 Å². The molecule has 1 spiro atoms. The molecule has 24 heavy (non-hydrogen) atoms. The molecule has 1 aromatic rings. The van der Waals surface area contributed by atoms with Crippen LogP contribution in [0, 0.1) is 11.2 Å². The van der Waals surface area contributed by atoms with E-state index in [0.29, 0.717) is 25.1 Å². The molecule has 2 fully saturated rings. The van der Waals surface area contributed by atoms with Crippen molar-refractivity contribution in [1.29, 1.82) is 0 Å². The molecule has 0 radical (unpaired) electrons. The molecule has 0 aromatic heterocycles. The normalized spacial score (nSPS) is 21.9. The third-order valence-corrected chi connectivity index (χ3v) is 5.42. The largest absolute Gasteiger partial charge is 0.378 e. The predicted octanol–water partition coefficient (Wildman–Crippen LogP) is 1.72. The molecule has 0 unspecified atom stereocenters. The highest BCUT2D eigenvalue weighted by Gasteiger charge is 2.41. The molecule has 130 valence electrons. The average Bonchev–Trinajstić information content (AvgIpc) is 2.59. The summed E-state index contributed by atoms with van der Waals surface area (Å²) < 4.78 is 13.0. The Hall–Kier alpha value is -1.95. The molecule has 2 aliphatic rings. The summed E-state index contributed by atoms with van der Waals surface area (Å²) in [5, 5.41) is 10.2. The number of piperidine rings is 2. The number of carbonyl (C=O) groups is 2. The van der Waals surface area contributed by atoms with Gasteiger partial charge in [-0.15, -0.1) is 0 Å². The van der Waals surface area contributed by atoms with Crippen molar-refractivity contribution in [2.75, 3.05) is 26.7 Å². The Morgan fingerprint density at radius 3 is 2.42 bits per heavy atom. The maximum absolute atomic E-state index is 13.0. The van der Waals surface area contributed by atoms with Crippen LogP contribution in [0.15, 0.2) is 24.3 Å². The second-order valence-corrected chi connectivity index (χ2v) is 7.03. The quantitative estimate of drug-likeness (QED) is 0.896. The van der Waals surface area contributed by atoms with E-state index in [1.54, 1.807) is 9.80 Å². The van der Waals surface area contributed by atoms with E-state index in [0.717, 1.165) is 25.8 Å². The lowest BCUT2D eigenvalue weighted by Gasteiger charge is -2.46. The van der Waals surface area contributed by atoms with E-state index in [-0.39, 0.29) is 17.2 Å². The van der Waals surface area contributed by atoms with Gasteiger partial charge in [0, 0.05) is 33.1 Å². The first-order valence-electron chi connectivity index (χ1n) is 8.37. The standard InChI is InChI=1S/C18H23FN2O3/c1-20-12-18(7-6-15(20)22)8-10-21(11-9-18)17(24)16(23)13-2-4-14(19)5-3-13/h2-5,16,23H,6-12H2,1H3/t16-/m1/s1. The third-order valence-electron chi connectivity index (χ3n) is 5.42. The van der Waals surface area contributed by atoms with Crippen molar-refractivity contribution >= 4 is 11.8 Å². The predicted molar refractivity (Wildman–Crippen MR) is 86.5 cm³/mol. The lowest BCUT2D eigenvalue weighted by Crippen LogP contribution is -2.51. The number of hydrogen-bond acceptors (Lipinski definition) is 3. The molecule has 2 amide bonds. The summed E-state index contributed by atoms with van der Waals surface area (Å²) in [5.74, 6) is -0.545. The molecule has 1 atom stereocenters. The van der Waals surface area contributed by atoms with E-state index < -0.39 is 11.9 Å². The van der Waals surface area contributed by atoms with Gasteiger partial charge in [0.15, 0.2) is 6.10 Å². The number of aliphatic hydroxyl groups excluding tert-OH is 1. The number of rotatable bonds is 2. The molecule has 2 heterocycles. The fraction of sp³-hybridized carbons (Fsp3) is 0.556. The topological polar surface area (TPSA) is 60.9 Å². The van der Waals surface area contributed by atoms with Gasteiger partial charge in [-0.05, 0) is 42.4 Å². The van der Waals surface area contributed by atoms with Gasteiger partial charge in [0.2, 0.25) is 5.91 Å². The first kappa shape index (κ1) is 16.9. The number of amides is 2. The molecule has 1 N–H and O–H groups in total. The summed E-state index contributed by atoms with van der Waals surface area (Å²) in [6.45, 7) is 1.91. The number of hydrogen-bond donors (Lipinski definition) is 1. The molecule has 2 saturated heterocycles. The third kappa shape index (κ3) is 3.29. The summed E-state index contributed by atoms with van der Waals surface area (Å²) in [5.41, 5.74) is 0.505. The summed E-state index contributed by atoms with van der Waals surface area (Å²) in [6, 6.07) is 5.36. The van der Waals surface area contributed by atoms with Crippen molar-refractivity contribution in [3.05, 3.63) is 35.6 Å². The molecule has 5 nitrogen and oxygen atoms in total. The lowest BCUT2D eigenvalue weighted by molar-refractivity contribution is -0.146. The van der Waals surface area contributed by atoms with Crippen LogP contribution in [0.1, 0.15) is 37.4 Å². The van der Waals surface area contributed by atoms with Gasteiger partial charge in [0.25, 0.3) is 5.91 Å². The van der Waals surface area contributed by atoms with E-state index in [1.165, 1.54) is 24.3 Å². The average molecular weight is 334 g/mol. The van der Waals surface area contributed by atoms with Crippen molar-refractivity contribution in [1.82, 2.24) is 9.80 Å². The van der Waals surface area contributed by atoms with Crippen LogP contribution < -0.4 is 0 Å². The first-order chi connectivity index (χ1) is 11.4. The SMILES string of the molecule is CN1CC2(CCC1=O)CCN(C(=O)[C@H](O)c1ccc(F)cc1)CC2. The van der Waals surface area contributed by atoms with Crippen LogP contribution in [-0.4, -0.2) is 53.4 Å². The van der Waals surface area contributed by atoms with Crippen molar-refractivity contribution in [3.63, 3.8) is 0 Å². The minimum absolute atomic E-state index is 0.0975. The van der Waals surface area contributed by atoms with Crippen LogP contribution in [0.4, 0.5) is 4.39 Å². The lowest BCUT2D eigenvalue weighted by atomic mass is 9.72. The first-order valence-corrected chi connectivity index (χ1v) is 8.37. The Bertz CT molecular complexity index is 624. The molecule has 3 rings (SSSR count). The van der Waals surface area contributed by atoms with Crippen LogP contribution in [0.25, 0.3) is 0 Å². The molecule has 0 aliphatic carbocycles. The molecule has 6 heteroatoms. The monoisotopic (exact) mass is 334 g/mol. The number of carbonyl (C=O) groups excluding carboxylic acids is 2. The zero-order chi connectivity index (χ0) is 17.3. The van der Waals surface area contributed by atoms with E-state index in [4.69, 9.17) is 0 Å². The zero-order valence-corrected chi connectivity index (χ0v) is 13.9. The molecule has 0 saturated carbocycles. The summed E-state index contributed by atoms with van der Waals surface area (Å²) in [4.78, 5) is 27.6. The number of halogens is 1. The Balaban J connectivity index is 1.61. The zero-order valence-electron chi connectivity index (χ0n) is 13.9. The number of likely N-dealkylation sites (tertiary alicyclic amines) is 2. The van der Waals surface area contributed by atoms with E-state index in [1.807, 2.05) is 7.05 Å². The Morgan fingerprint density at radius 2 is 1.83 bits per heavy atom. The van der Waals surface area contributed by atoms with Crippen LogP contribution in [0.5, 0.6) is 0 Å². The van der Waals surface area contributed by atoms with Gasteiger partial charge in [-0.25, -0.2) is 4.39 Å². The second kappa shape index (κ2) is 6.51. The smallest absolute Gasteiger partial charge is 0.256 e. The van der Waals surface area contributed by atoms with Gasteiger partial charge in [-0.2, -0.15) is 0 Å². The van der Waals surface area contributed by atoms with Gasteiger partial charge in [-0.3, -0.25) is 9.59 Å². The second-order valence-electron chi connectivity index (χ2n) is 7.03. The van der Waals surface area contributed by atoms with Crippen molar-refractivity contribution in [2.45, 2.75) is 31.8 Å². The maximum Gasteiger partial charge on any atom is 0.256 e. The van der Waals surface area contributed by atoms with Gasteiger partial charge in [0.05, 0.1) is 0 Å². The van der Waals surface area contributed by atoms with Crippen LogP contribution >= 0.6 is 0 Å². The summed E-state index contributed by atoms with van der Waals surface area (Å²) in [7, 11) is 1.83. The number of aliphatic hydroxyl groups is 1.